The zero-order valence-corrected chi connectivity index (χ0v) is 11.7. The minimum absolute atomic E-state index is 0.467. The average molecular weight is 249 g/mol. The van der Waals surface area contributed by atoms with Gasteiger partial charge in [-0.2, -0.15) is 0 Å². The van der Waals surface area contributed by atoms with Gasteiger partial charge in [-0.1, -0.05) is 24.1 Å². The summed E-state index contributed by atoms with van der Waals surface area (Å²) >= 11 is 1.99. The smallest absolute Gasteiger partial charge is 0.0101 e. The molecule has 2 rings (SSSR count). The lowest BCUT2D eigenvalue weighted by Crippen LogP contribution is -2.24. The Morgan fingerprint density at radius 2 is 2.12 bits per heavy atom. The zero-order chi connectivity index (χ0) is 12.3. The SMILES string of the molecule is Cc1ccc(SCCC2CCCC2N)c(C)c1. The fraction of sp³-hybridized carbons (Fsp3) is 0.600. The predicted molar refractivity (Wildman–Crippen MR) is 76.6 cm³/mol. The van der Waals surface area contributed by atoms with Gasteiger partial charge in [0, 0.05) is 10.9 Å². The van der Waals surface area contributed by atoms with Crippen molar-refractivity contribution in [3.63, 3.8) is 0 Å². The first-order valence-corrected chi connectivity index (χ1v) is 7.61. The second-order valence-electron chi connectivity index (χ2n) is 5.26. The summed E-state index contributed by atoms with van der Waals surface area (Å²) in [5.74, 6) is 1.98. The molecule has 0 saturated heterocycles. The maximum absolute atomic E-state index is 6.10. The topological polar surface area (TPSA) is 26.0 Å². The van der Waals surface area contributed by atoms with Gasteiger partial charge in [0.1, 0.15) is 0 Å². The van der Waals surface area contributed by atoms with Crippen molar-refractivity contribution in [3.8, 4) is 0 Å². The average Bonchev–Trinajstić information content (AvgIpc) is 2.68. The summed E-state index contributed by atoms with van der Waals surface area (Å²) in [5.41, 5.74) is 8.86. The summed E-state index contributed by atoms with van der Waals surface area (Å²) < 4.78 is 0. The standard InChI is InChI=1S/C15H23NS/c1-11-6-7-15(12(2)10-11)17-9-8-13-4-3-5-14(13)16/h6-7,10,13-14H,3-5,8-9,16H2,1-2H3. The Bertz CT molecular complexity index is 375. The first-order valence-electron chi connectivity index (χ1n) is 6.62. The van der Waals surface area contributed by atoms with Gasteiger partial charge < -0.3 is 5.73 Å². The molecule has 2 atom stereocenters. The zero-order valence-electron chi connectivity index (χ0n) is 10.9. The van der Waals surface area contributed by atoms with Crippen LogP contribution in [0, 0.1) is 19.8 Å². The van der Waals surface area contributed by atoms with E-state index in [0.29, 0.717) is 6.04 Å². The molecule has 0 aromatic heterocycles. The third-order valence-corrected chi connectivity index (χ3v) is 5.00. The van der Waals surface area contributed by atoms with E-state index in [-0.39, 0.29) is 0 Å². The summed E-state index contributed by atoms with van der Waals surface area (Å²) in [6, 6.07) is 7.19. The second-order valence-corrected chi connectivity index (χ2v) is 6.40. The van der Waals surface area contributed by atoms with Crippen molar-refractivity contribution in [2.75, 3.05) is 5.75 Å². The van der Waals surface area contributed by atoms with E-state index in [1.807, 2.05) is 11.8 Å². The molecular weight excluding hydrogens is 226 g/mol. The quantitative estimate of drug-likeness (QED) is 0.819. The van der Waals surface area contributed by atoms with E-state index in [2.05, 4.69) is 32.0 Å². The van der Waals surface area contributed by atoms with Gasteiger partial charge in [-0.05, 0) is 56.4 Å². The van der Waals surface area contributed by atoms with Crippen molar-refractivity contribution in [1.29, 1.82) is 0 Å². The van der Waals surface area contributed by atoms with Gasteiger partial charge in [0.15, 0.2) is 0 Å². The summed E-state index contributed by atoms with van der Waals surface area (Å²) in [7, 11) is 0. The van der Waals surface area contributed by atoms with E-state index < -0.39 is 0 Å². The molecule has 1 aliphatic rings. The summed E-state index contributed by atoms with van der Waals surface area (Å²) in [5, 5.41) is 0. The number of nitrogens with two attached hydrogens (primary N) is 1. The third-order valence-electron chi connectivity index (χ3n) is 3.79. The Kier molecular flexibility index (Phi) is 4.52. The highest BCUT2D eigenvalue weighted by atomic mass is 32.2. The molecule has 2 unspecified atom stereocenters. The van der Waals surface area contributed by atoms with Crippen LogP contribution in [-0.4, -0.2) is 11.8 Å². The molecule has 0 heterocycles. The molecule has 0 spiro atoms. The molecule has 1 aliphatic carbocycles. The molecule has 0 amide bonds. The maximum atomic E-state index is 6.10. The van der Waals surface area contributed by atoms with E-state index in [1.165, 1.54) is 47.5 Å². The number of rotatable bonds is 4. The largest absolute Gasteiger partial charge is 0.327 e. The highest BCUT2D eigenvalue weighted by Gasteiger charge is 2.23. The molecule has 1 nitrogen and oxygen atoms in total. The van der Waals surface area contributed by atoms with Crippen molar-refractivity contribution < 1.29 is 0 Å². The van der Waals surface area contributed by atoms with E-state index in [1.54, 1.807) is 0 Å². The van der Waals surface area contributed by atoms with Crippen LogP contribution in [-0.2, 0) is 0 Å². The van der Waals surface area contributed by atoms with Gasteiger partial charge >= 0.3 is 0 Å². The normalized spacial score (nSPS) is 24.2. The van der Waals surface area contributed by atoms with Crippen molar-refractivity contribution in [2.24, 2.45) is 11.7 Å². The predicted octanol–water partition coefficient (Wildman–Crippen LogP) is 3.91. The van der Waals surface area contributed by atoms with Crippen molar-refractivity contribution in [3.05, 3.63) is 29.3 Å². The molecule has 0 radical (unpaired) electrons. The Morgan fingerprint density at radius 3 is 2.76 bits per heavy atom. The number of aryl methyl sites for hydroxylation is 2. The summed E-state index contributed by atoms with van der Waals surface area (Å²) in [4.78, 5) is 1.43. The lowest BCUT2D eigenvalue weighted by atomic mass is 10.0. The van der Waals surface area contributed by atoms with Crippen LogP contribution in [0.3, 0.4) is 0 Å². The van der Waals surface area contributed by atoms with Crippen LogP contribution in [0.25, 0.3) is 0 Å². The molecule has 0 aliphatic heterocycles. The molecule has 0 bridgehead atoms. The number of hydrogen-bond acceptors (Lipinski definition) is 2. The fourth-order valence-electron chi connectivity index (χ4n) is 2.71. The van der Waals surface area contributed by atoms with Crippen LogP contribution in [0.5, 0.6) is 0 Å². The first kappa shape index (κ1) is 13.0. The monoisotopic (exact) mass is 249 g/mol. The Hall–Kier alpha value is -0.470. The van der Waals surface area contributed by atoms with Gasteiger partial charge in [-0.25, -0.2) is 0 Å². The van der Waals surface area contributed by atoms with E-state index in [9.17, 15) is 0 Å². The fourth-order valence-corrected chi connectivity index (χ4v) is 3.80. The third kappa shape index (κ3) is 3.49. The van der Waals surface area contributed by atoms with Crippen molar-refractivity contribution >= 4 is 11.8 Å². The first-order chi connectivity index (χ1) is 8.16. The van der Waals surface area contributed by atoms with Crippen LogP contribution >= 0.6 is 11.8 Å². The van der Waals surface area contributed by atoms with Crippen LogP contribution in [0.2, 0.25) is 0 Å². The van der Waals surface area contributed by atoms with Crippen molar-refractivity contribution in [2.45, 2.75) is 50.5 Å². The van der Waals surface area contributed by atoms with Gasteiger partial charge in [0.2, 0.25) is 0 Å². The molecule has 1 aromatic rings. The Labute approximate surface area is 109 Å². The van der Waals surface area contributed by atoms with E-state index in [4.69, 9.17) is 5.73 Å². The maximum Gasteiger partial charge on any atom is 0.0101 e. The molecular formula is C15H23NS. The van der Waals surface area contributed by atoms with Crippen LogP contribution in [0.4, 0.5) is 0 Å². The van der Waals surface area contributed by atoms with E-state index in [0.717, 1.165) is 5.92 Å². The molecule has 94 valence electrons. The van der Waals surface area contributed by atoms with Gasteiger partial charge in [0.05, 0.1) is 0 Å². The minimum atomic E-state index is 0.467. The molecule has 2 N–H and O–H groups in total. The van der Waals surface area contributed by atoms with Gasteiger partial charge in [-0.3, -0.25) is 0 Å². The van der Waals surface area contributed by atoms with Crippen LogP contribution in [0.1, 0.15) is 36.8 Å². The highest BCUT2D eigenvalue weighted by Crippen LogP contribution is 2.30. The molecule has 1 aromatic carbocycles. The highest BCUT2D eigenvalue weighted by molar-refractivity contribution is 7.99. The number of hydrogen-bond donors (Lipinski definition) is 1. The van der Waals surface area contributed by atoms with Gasteiger partial charge in [-0.15, -0.1) is 11.8 Å². The van der Waals surface area contributed by atoms with E-state index >= 15 is 0 Å². The van der Waals surface area contributed by atoms with Crippen molar-refractivity contribution in [1.82, 2.24) is 0 Å². The molecule has 1 fully saturated rings. The lowest BCUT2D eigenvalue weighted by molar-refractivity contribution is 0.470. The Morgan fingerprint density at radius 1 is 1.29 bits per heavy atom. The summed E-state index contributed by atoms with van der Waals surface area (Å²) in [6.45, 7) is 4.36. The number of thioether (sulfide) groups is 1. The van der Waals surface area contributed by atoms with Gasteiger partial charge in [0.25, 0.3) is 0 Å². The molecule has 1 saturated carbocycles. The number of benzene rings is 1. The Balaban J connectivity index is 1.81. The molecule has 17 heavy (non-hydrogen) atoms. The summed E-state index contributed by atoms with van der Waals surface area (Å²) in [6.07, 6.45) is 5.19. The lowest BCUT2D eigenvalue weighted by Gasteiger charge is -2.15. The van der Waals surface area contributed by atoms with Crippen LogP contribution < -0.4 is 5.73 Å². The minimum Gasteiger partial charge on any atom is -0.327 e. The van der Waals surface area contributed by atoms with Crippen LogP contribution in [0.15, 0.2) is 23.1 Å². The second kappa shape index (κ2) is 5.92. The molecule has 2 heteroatoms.